The molecule has 46 heavy (non-hydrogen) atoms. The van der Waals surface area contributed by atoms with E-state index in [9.17, 15) is 9.59 Å². The van der Waals surface area contributed by atoms with Crippen LogP contribution in [0.3, 0.4) is 0 Å². The number of amides is 2. The maximum atomic E-state index is 15.1. The number of hydrogen-bond acceptors (Lipinski definition) is 7. The van der Waals surface area contributed by atoms with Gasteiger partial charge < -0.3 is 20.0 Å². The Hall–Kier alpha value is -2.66. The number of allylic oxidation sites excluding steroid dienone is 1. The van der Waals surface area contributed by atoms with Gasteiger partial charge in [0.25, 0.3) is 5.91 Å². The van der Waals surface area contributed by atoms with Crippen molar-refractivity contribution in [2.45, 2.75) is 89.5 Å². The molecule has 244 valence electrons. The first-order valence-corrected chi connectivity index (χ1v) is 17.7. The molecule has 0 bridgehead atoms. The van der Waals surface area contributed by atoms with E-state index in [4.69, 9.17) is 28.2 Å². The number of pyridine rings is 1. The molecular weight excluding hydrogens is 646 g/mol. The van der Waals surface area contributed by atoms with E-state index >= 15 is 4.39 Å². The highest BCUT2D eigenvalue weighted by Crippen LogP contribution is 2.57. The number of rotatable bonds is 5. The molecule has 1 aromatic carbocycles. The van der Waals surface area contributed by atoms with E-state index in [-0.39, 0.29) is 34.3 Å². The molecule has 1 aliphatic carbocycles. The van der Waals surface area contributed by atoms with Crippen molar-refractivity contribution >= 4 is 51.9 Å². The van der Waals surface area contributed by atoms with Crippen molar-refractivity contribution in [1.82, 2.24) is 25.0 Å². The Labute approximate surface area is 283 Å². The Kier molecular flexibility index (Phi) is 7.98. The normalized spacial score (nSPS) is 28.4. The second-order valence-corrected chi connectivity index (χ2v) is 15.7. The summed E-state index contributed by atoms with van der Waals surface area (Å²) in [5, 5.41) is 4.70. The van der Waals surface area contributed by atoms with Gasteiger partial charge in [0.2, 0.25) is 5.91 Å². The molecule has 1 aromatic heterocycles. The third-order valence-corrected chi connectivity index (χ3v) is 12.0. The van der Waals surface area contributed by atoms with Crippen molar-refractivity contribution in [2.75, 3.05) is 19.6 Å². The third kappa shape index (κ3) is 5.15. The molecular formula is C34H39Cl2FN6O2S. The van der Waals surface area contributed by atoms with Crippen LogP contribution in [0.5, 0.6) is 0 Å². The molecule has 2 saturated heterocycles. The van der Waals surface area contributed by atoms with Crippen LogP contribution in [0.2, 0.25) is 10.2 Å². The Morgan fingerprint density at radius 1 is 1.17 bits per heavy atom. The molecule has 5 aliphatic rings. The molecule has 1 saturated carbocycles. The van der Waals surface area contributed by atoms with Gasteiger partial charge in [0.15, 0.2) is 5.17 Å². The number of carbonyl (C=O) groups is 2. The summed E-state index contributed by atoms with van der Waals surface area (Å²) in [6.07, 6.45) is 5.31. The monoisotopic (exact) mass is 684 g/mol. The number of halogens is 3. The molecule has 5 heterocycles. The number of piperazine rings is 1. The van der Waals surface area contributed by atoms with E-state index in [0.29, 0.717) is 34.7 Å². The van der Waals surface area contributed by atoms with E-state index in [2.05, 4.69) is 36.0 Å². The zero-order valence-electron chi connectivity index (χ0n) is 26.7. The maximum absolute atomic E-state index is 15.1. The third-order valence-electron chi connectivity index (χ3n) is 10.4. The molecule has 0 unspecified atom stereocenters. The van der Waals surface area contributed by atoms with Crippen LogP contribution in [0.1, 0.15) is 76.1 Å². The predicted molar refractivity (Wildman–Crippen MR) is 180 cm³/mol. The highest BCUT2D eigenvalue weighted by molar-refractivity contribution is 8.18. The number of likely N-dealkylation sites (tertiary alicyclic amines) is 1. The zero-order valence-corrected chi connectivity index (χ0v) is 29.1. The minimum absolute atomic E-state index is 0.0478. The van der Waals surface area contributed by atoms with Crippen molar-refractivity contribution in [3.63, 3.8) is 0 Å². The molecule has 0 radical (unpaired) electrons. The number of amidine groups is 1. The lowest BCUT2D eigenvalue weighted by atomic mass is 9.80. The van der Waals surface area contributed by atoms with Crippen LogP contribution < -0.4 is 5.32 Å². The molecule has 4 aliphatic heterocycles. The molecule has 1 spiro atoms. The van der Waals surface area contributed by atoms with Gasteiger partial charge in [-0.1, -0.05) is 43.1 Å². The number of fused-ring (bicyclic) bond motifs is 1. The number of thioether (sulfide) groups is 1. The summed E-state index contributed by atoms with van der Waals surface area (Å²) in [5.74, 6) is -0.673. The van der Waals surface area contributed by atoms with Crippen LogP contribution in [-0.4, -0.2) is 73.9 Å². The van der Waals surface area contributed by atoms with E-state index in [1.807, 2.05) is 24.8 Å². The lowest BCUT2D eigenvalue weighted by Gasteiger charge is -2.41. The standard InChI is InChI=1S/C34H39Cl2FN6O2S/c1-18(2)27-28(31(45)41-12-6-7-25(41)30(44)42-17-34(10-11-34)39-15-20(42)4)46-32-40-33(5,21-8-9-26(36)38-16-21)29(43(27)32)22-14-24(37)23(35)13-19(22)3/h8-9,13-14,16,18,20,25,29,39H,6-7,10-12,15,17H2,1-5H3/t20-,25+,29+,33-/m0/s1. The highest BCUT2D eigenvalue weighted by Gasteiger charge is 2.55. The lowest BCUT2D eigenvalue weighted by molar-refractivity contribution is -0.144. The molecule has 1 N–H and O–H groups in total. The first-order chi connectivity index (χ1) is 21.8. The van der Waals surface area contributed by atoms with E-state index in [1.54, 1.807) is 23.2 Å². The fourth-order valence-electron chi connectivity index (χ4n) is 7.61. The summed E-state index contributed by atoms with van der Waals surface area (Å²) in [6, 6.07) is 5.86. The molecule has 3 fully saturated rings. The fraction of sp³-hybridized carbons (Fsp3) is 0.529. The average molecular weight is 686 g/mol. The zero-order chi connectivity index (χ0) is 32.7. The quantitative estimate of drug-likeness (QED) is 0.366. The molecule has 2 aromatic rings. The fourth-order valence-corrected chi connectivity index (χ4v) is 9.31. The minimum Gasteiger partial charge on any atom is -0.335 e. The van der Waals surface area contributed by atoms with Crippen molar-refractivity contribution in [3.05, 3.63) is 73.7 Å². The number of aliphatic imine (C=N–C) groups is 1. The summed E-state index contributed by atoms with van der Waals surface area (Å²) in [7, 11) is 0. The van der Waals surface area contributed by atoms with Crippen molar-refractivity contribution < 1.29 is 14.0 Å². The lowest BCUT2D eigenvalue weighted by Crippen LogP contribution is -2.61. The number of nitrogens with one attached hydrogen (secondary N) is 1. The number of benzene rings is 1. The number of hydrogen-bond donors (Lipinski definition) is 1. The Morgan fingerprint density at radius 3 is 2.61 bits per heavy atom. The highest BCUT2D eigenvalue weighted by atomic mass is 35.5. The molecule has 2 amide bonds. The predicted octanol–water partition coefficient (Wildman–Crippen LogP) is 6.42. The number of aryl methyl sites for hydroxylation is 1. The summed E-state index contributed by atoms with van der Waals surface area (Å²) < 4.78 is 15.1. The number of nitrogens with zero attached hydrogens (tertiary/aromatic N) is 5. The van der Waals surface area contributed by atoms with Gasteiger partial charge in [0.1, 0.15) is 27.5 Å². The second kappa shape index (κ2) is 11.5. The second-order valence-electron chi connectivity index (χ2n) is 13.9. The van der Waals surface area contributed by atoms with Gasteiger partial charge in [-0.3, -0.25) is 9.59 Å². The van der Waals surface area contributed by atoms with Crippen LogP contribution in [0.15, 0.2) is 46.1 Å². The first-order valence-electron chi connectivity index (χ1n) is 16.1. The van der Waals surface area contributed by atoms with Crippen LogP contribution >= 0.6 is 35.0 Å². The van der Waals surface area contributed by atoms with Crippen molar-refractivity contribution in [1.29, 1.82) is 0 Å². The van der Waals surface area contributed by atoms with Crippen molar-refractivity contribution in [2.24, 2.45) is 10.9 Å². The average Bonchev–Trinajstić information content (AvgIpc) is 3.31. The van der Waals surface area contributed by atoms with E-state index < -0.39 is 23.4 Å². The summed E-state index contributed by atoms with van der Waals surface area (Å²) in [6.45, 7) is 12.1. The minimum atomic E-state index is -0.872. The molecule has 4 atom stereocenters. The Balaban J connectivity index is 1.27. The van der Waals surface area contributed by atoms with Crippen LogP contribution in [0, 0.1) is 18.7 Å². The Morgan fingerprint density at radius 2 is 1.93 bits per heavy atom. The summed E-state index contributed by atoms with van der Waals surface area (Å²) in [4.78, 5) is 44.7. The van der Waals surface area contributed by atoms with Crippen LogP contribution in [0.25, 0.3) is 0 Å². The maximum Gasteiger partial charge on any atom is 0.263 e. The largest absolute Gasteiger partial charge is 0.335 e. The molecule has 12 heteroatoms. The number of aromatic nitrogens is 1. The molecule has 7 rings (SSSR count). The number of carbonyl (C=O) groups excluding carboxylic acids is 2. The van der Waals surface area contributed by atoms with Gasteiger partial charge in [-0.2, -0.15) is 0 Å². The summed E-state index contributed by atoms with van der Waals surface area (Å²) in [5.41, 5.74) is 2.36. The smallest absolute Gasteiger partial charge is 0.263 e. The van der Waals surface area contributed by atoms with E-state index in [1.165, 1.54) is 17.8 Å². The van der Waals surface area contributed by atoms with Crippen LogP contribution in [-0.2, 0) is 15.1 Å². The van der Waals surface area contributed by atoms with Gasteiger partial charge in [0.05, 0.1) is 11.1 Å². The van der Waals surface area contributed by atoms with Crippen molar-refractivity contribution in [3.8, 4) is 0 Å². The summed E-state index contributed by atoms with van der Waals surface area (Å²) >= 11 is 13.7. The van der Waals surface area contributed by atoms with Gasteiger partial charge in [-0.05, 0) is 93.5 Å². The topological polar surface area (TPSA) is 81.1 Å². The van der Waals surface area contributed by atoms with Gasteiger partial charge in [0, 0.05) is 48.7 Å². The van der Waals surface area contributed by atoms with Gasteiger partial charge >= 0.3 is 0 Å². The van der Waals surface area contributed by atoms with Gasteiger partial charge in [-0.25, -0.2) is 14.4 Å². The molecule has 8 nitrogen and oxygen atoms in total. The van der Waals surface area contributed by atoms with E-state index in [0.717, 1.165) is 48.2 Å². The SMILES string of the molecule is Cc1cc(Cl)c(F)cc1[C@H]1N2C(=N[C@@]1(C)c1ccc(Cl)nc1)SC(C(=O)N1CCC[C@@H]1C(=O)N1CC3(CC3)NC[C@@H]1C)=C2C(C)C. The Bertz CT molecular complexity index is 1680. The van der Waals surface area contributed by atoms with Gasteiger partial charge in [-0.15, -0.1) is 0 Å². The first kappa shape index (κ1) is 31.9. The van der Waals surface area contributed by atoms with Crippen LogP contribution in [0.4, 0.5) is 4.39 Å².